The maximum atomic E-state index is 8.47. The third kappa shape index (κ3) is 1.63. The number of hydrogen-bond acceptors (Lipinski definition) is 4. The number of rotatable bonds is 1. The Hall–Kier alpha value is 0.230. The standard InChI is InChI=1S/C4H9NO2S/c6-8-4-3-7-2-1-5-4/h4-6H,1-3H2. The molecule has 1 fully saturated rings. The highest BCUT2D eigenvalue weighted by molar-refractivity contribution is 7.94. The fourth-order valence-corrected chi connectivity index (χ4v) is 0.959. The average molecular weight is 135 g/mol. The molecule has 4 heteroatoms. The van der Waals surface area contributed by atoms with Crippen LogP contribution in [0.25, 0.3) is 0 Å². The van der Waals surface area contributed by atoms with Gasteiger partial charge in [0.05, 0.1) is 13.2 Å². The molecule has 8 heavy (non-hydrogen) atoms. The second kappa shape index (κ2) is 3.29. The van der Waals surface area contributed by atoms with Crippen molar-refractivity contribution in [3.8, 4) is 0 Å². The summed E-state index contributed by atoms with van der Waals surface area (Å²) in [5.41, 5.74) is 0. The van der Waals surface area contributed by atoms with E-state index in [9.17, 15) is 0 Å². The summed E-state index contributed by atoms with van der Waals surface area (Å²) in [5.74, 6) is 0. The molecule has 0 aromatic carbocycles. The zero-order valence-electron chi connectivity index (χ0n) is 4.46. The summed E-state index contributed by atoms with van der Waals surface area (Å²) in [7, 11) is 0. The van der Waals surface area contributed by atoms with Crippen molar-refractivity contribution in [1.82, 2.24) is 5.32 Å². The summed E-state index contributed by atoms with van der Waals surface area (Å²) in [6.07, 6.45) is 0. The molecule has 1 atom stereocenters. The van der Waals surface area contributed by atoms with Gasteiger partial charge in [-0.2, -0.15) is 0 Å². The molecule has 0 radical (unpaired) electrons. The van der Waals surface area contributed by atoms with Gasteiger partial charge in [0.25, 0.3) is 0 Å². The maximum Gasteiger partial charge on any atom is 0.103 e. The van der Waals surface area contributed by atoms with Crippen molar-refractivity contribution >= 4 is 12.0 Å². The van der Waals surface area contributed by atoms with Gasteiger partial charge in [-0.1, -0.05) is 0 Å². The van der Waals surface area contributed by atoms with Gasteiger partial charge in [-0.25, -0.2) is 0 Å². The van der Waals surface area contributed by atoms with E-state index in [4.69, 9.17) is 9.29 Å². The Kier molecular flexibility index (Phi) is 2.62. The van der Waals surface area contributed by atoms with Crippen molar-refractivity contribution in [3.05, 3.63) is 0 Å². The van der Waals surface area contributed by atoms with E-state index in [-0.39, 0.29) is 5.37 Å². The molecular formula is C4H9NO2S. The quantitative estimate of drug-likeness (QED) is 0.502. The first-order chi connectivity index (χ1) is 3.93. The third-order valence-electron chi connectivity index (χ3n) is 1.01. The van der Waals surface area contributed by atoms with E-state index in [2.05, 4.69) is 5.32 Å². The molecule has 1 heterocycles. The molecular weight excluding hydrogens is 126 g/mol. The first-order valence-corrected chi connectivity index (χ1v) is 3.38. The summed E-state index contributed by atoms with van der Waals surface area (Å²) in [6.45, 7) is 2.22. The highest BCUT2D eigenvalue weighted by Crippen LogP contribution is 2.04. The predicted octanol–water partition coefficient (Wildman–Crippen LogP) is 0.138. The van der Waals surface area contributed by atoms with Gasteiger partial charge in [-0.15, -0.1) is 0 Å². The van der Waals surface area contributed by atoms with E-state index in [1.807, 2.05) is 0 Å². The summed E-state index contributed by atoms with van der Waals surface area (Å²) < 4.78 is 13.5. The van der Waals surface area contributed by atoms with Crippen molar-refractivity contribution in [3.63, 3.8) is 0 Å². The van der Waals surface area contributed by atoms with Crippen molar-refractivity contribution in [2.24, 2.45) is 0 Å². The minimum Gasteiger partial charge on any atom is -0.378 e. The molecule has 1 unspecified atom stereocenters. The molecule has 3 nitrogen and oxygen atoms in total. The Labute approximate surface area is 52.6 Å². The average Bonchev–Trinajstić information content (AvgIpc) is 1.90. The van der Waals surface area contributed by atoms with Gasteiger partial charge in [0.15, 0.2) is 0 Å². The minimum atomic E-state index is 0.0868. The van der Waals surface area contributed by atoms with Crippen LogP contribution in [0.2, 0.25) is 0 Å². The van der Waals surface area contributed by atoms with E-state index in [1.54, 1.807) is 0 Å². The molecule has 1 rings (SSSR count). The molecule has 0 aliphatic carbocycles. The highest BCUT2D eigenvalue weighted by Gasteiger charge is 2.10. The number of nitrogens with one attached hydrogen (secondary N) is 1. The summed E-state index contributed by atoms with van der Waals surface area (Å²) in [5, 5.41) is 3.14. The lowest BCUT2D eigenvalue weighted by atomic mass is 10.5. The summed E-state index contributed by atoms with van der Waals surface area (Å²) in [6, 6.07) is 0. The van der Waals surface area contributed by atoms with E-state index in [1.165, 1.54) is 0 Å². The van der Waals surface area contributed by atoms with E-state index >= 15 is 0 Å². The monoisotopic (exact) mass is 135 g/mol. The number of ether oxygens (including phenoxy) is 1. The SMILES string of the molecule is OSC1COCCN1. The molecule has 0 aromatic rings. The first kappa shape index (κ1) is 6.35. The van der Waals surface area contributed by atoms with Crippen LogP contribution in [0, 0.1) is 0 Å². The lowest BCUT2D eigenvalue weighted by molar-refractivity contribution is 0.0992. The van der Waals surface area contributed by atoms with E-state index in [0.717, 1.165) is 25.2 Å². The lowest BCUT2D eigenvalue weighted by Gasteiger charge is -2.19. The van der Waals surface area contributed by atoms with Crippen LogP contribution in [-0.2, 0) is 4.74 Å². The van der Waals surface area contributed by atoms with Crippen LogP contribution < -0.4 is 5.32 Å². The van der Waals surface area contributed by atoms with Gasteiger partial charge in [-0.3, -0.25) is 5.32 Å². The maximum absolute atomic E-state index is 8.47. The van der Waals surface area contributed by atoms with Crippen molar-refractivity contribution in [1.29, 1.82) is 0 Å². The Morgan fingerprint density at radius 1 is 1.75 bits per heavy atom. The topological polar surface area (TPSA) is 41.5 Å². The van der Waals surface area contributed by atoms with Gasteiger partial charge < -0.3 is 9.29 Å². The van der Waals surface area contributed by atoms with Crippen molar-refractivity contribution in [2.75, 3.05) is 19.8 Å². The van der Waals surface area contributed by atoms with Gasteiger partial charge in [0, 0.05) is 18.6 Å². The largest absolute Gasteiger partial charge is 0.378 e. The van der Waals surface area contributed by atoms with Crippen molar-refractivity contribution < 1.29 is 9.29 Å². The zero-order valence-corrected chi connectivity index (χ0v) is 5.28. The van der Waals surface area contributed by atoms with Gasteiger partial charge >= 0.3 is 0 Å². The van der Waals surface area contributed by atoms with Gasteiger partial charge in [-0.05, 0) is 0 Å². The summed E-state index contributed by atoms with van der Waals surface area (Å²) >= 11 is 0.810. The minimum absolute atomic E-state index is 0.0868. The molecule has 2 N–H and O–H groups in total. The van der Waals surface area contributed by atoms with Crippen LogP contribution in [0.15, 0.2) is 0 Å². The molecule has 0 spiro atoms. The molecule has 48 valence electrons. The molecule has 0 bridgehead atoms. The first-order valence-electron chi connectivity index (χ1n) is 2.55. The van der Waals surface area contributed by atoms with Crippen LogP contribution in [0.5, 0.6) is 0 Å². The van der Waals surface area contributed by atoms with Gasteiger partial charge in [0.2, 0.25) is 0 Å². The molecule has 0 saturated carbocycles. The molecule has 0 aromatic heterocycles. The van der Waals surface area contributed by atoms with Crippen LogP contribution >= 0.6 is 12.0 Å². The normalized spacial score (nSPS) is 30.4. The molecule has 1 aliphatic heterocycles. The lowest BCUT2D eigenvalue weighted by Crippen LogP contribution is -2.38. The third-order valence-corrected chi connectivity index (χ3v) is 1.57. The zero-order chi connectivity index (χ0) is 5.82. The predicted molar refractivity (Wildman–Crippen MR) is 32.8 cm³/mol. The highest BCUT2D eigenvalue weighted by atomic mass is 32.2. The number of morpholine rings is 1. The molecule has 1 aliphatic rings. The Bertz CT molecular complexity index is 65.1. The van der Waals surface area contributed by atoms with E-state index < -0.39 is 0 Å². The fraction of sp³-hybridized carbons (Fsp3) is 1.00. The van der Waals surface area contributed by atoms with E-state index in [0.29, 0.717) is 6.61 Å². The molecule has 0 amide bonds. The van der Waals surface area contributed by atoms with Crippen molar-refractivity contribution in [2.45, 2.75) is 5.37 Å². The Balaban J connectivity index is 2.13. The smallest absolute Gasteiger partial charge is 0.103 e. The number of hydrogen-bond donors (Lipinski definition) is 2. The Morgan fingerprint density at radius 2 is 2.62 bits per heavy atom. The van der Waals surface area contributed by atoms with Crippen LogP contribution in [0.4, 0.5) is 0 Å². The van der Waals surface area contributed by atoms with Gasteiger partial charge in [0.1, 0.15) is 5.37 Å². The summed E-state index contributed by atoms with van der Waals surface area (Å²) in [4.78, 5) is 0. The van der Waals surface area contributed by atoms with Crippen LogP contribution in [0.1, 0.15) is 0 Å². The second-order valence-corrected chi connectivity index (χ2v) is 2.40. The second-order valence-electron chi connectivity index (χ2n) is 1.62. The fourth-order valence-electron chi connectivity index (χ4n) is 0.609. The van der Waals surface area contributed by atoms with Crippen LogP contribution in [-0.4, -0.2) is 29.7 Å². The van der Waals surface area contributed by atoms with Crippen LogP contribution in [0.3, 0.4) is 0 Å². The molecule has 1 saturated heterocycles. The Morgan fingerprint density at radius 3 is 3.00 bits per heavy atom.